The van der Waals surface area contributed by atoms with Crippen LogP contribution in [0.2, 0.25) is 0 Å². The van der Waals surface area contributed by atoms with Crippen molar-refractivity contribution in [3.63, 3.8) is 0 Å². The summed E-state index contributed by atoms with van der Waals surface area (Å²) in [6, 6.07) is 4.12. The van der Waals surface area contributed by atoms with E-state index in [4.69, 9.17) is 0 Å². The van der Waals surface area contributed by atoms with Gasteiger partial charge >= 0.3 is 6.18 Å². The van der Waals surface area contributed by atoms with Gasteiger partial charge in [0.2, 0.25) is 0 Å². The van der Waals surface area contributed by atoms with Crippen molar-refractivity contribution in [3.8, 4) is 5.69 Å². The number of pyridine rings is 1. The molecule has 0 bridgehead atoms. The molecule has 0 saturated heterocycles. The second-order valence-electron chi connectivity index (χ2n) is 7.48. The van der Waals surface area contributed by atoms with E-state index in [1.165, 1.54) is 23.3 Å². The Bertz CT molecular complexity index is 1150. The van der Waals surface area contributed by atoms with E-state index in [1.54, 1.807) is 18.2 Å². The predicted octanol–water partition coefficient (Wildman–Crippen LogP) is 3.83. The average molecular weight is 470 g/mol. The van der Waals surface area contributed by atoms with Crippen LogP contribution < -0.4 is 10.6 Å². The number of halogens is 6. The molecule has 1 saturated carbocycles. The van der Waals surface area contributed by atoms with Gasteiger partial charge in [0.05, 0.1) is 41.3 Å². The molecule has 1 unspecified atom stereocenters. The number of anilines is 1. The van der Waals surface area contributed by atoms with Gasteiger partial charge in [-0.25, -0.2) is 18.2 Å². The van der Waals surface area contributed by atoms with Crippen molar-refractivity contribution in [1.82, 2.24) is 25.3 Å². The van der Waals surface area contributed by atoms with Gasteiger partial charge in [-0.15, -0.1) is 0 Å². The molecule has 2 atom stereocenters. The van der Waals surface area contributed by atoms with E-state index in [0.29, 0.717) is 11.9 Å². The van der Waals surface area contributed by atoms with Crippen molar-refractivity contribution in [2.24, 2.45) is 0 Å². The zero-order valence-corrected chi connectivity index (χ0v) is 16.7. The van der Waals surface area contributed by atoms with Gasteiger partial charge in [-0.05, 0) is 18.2 Å². The highest BCUT2D eigenvalue weighted by molar-refractivity contribution is 5.98. The lowest BCUT2D eigenvalue weighted by atomic mass is 10.1. The summed E-state index contributed by atoms with van der Waals surface area (Å²) in [5, 5.41) is 12.8. The minimum atomic E-state index is -4.81. The summed E-state index contributed by atoms with van der Waals surface area (Å²) in [7, 11) is 0. The number of benzene rings is 1. The van der Waals surface area contributed by atoms with Crippen LogP contribution >= 0.6 is 0 Å². The van der Waals surface area contributed by atoms with Gasteiger partial charge in [-0.2, -0.15) is 28.2 Å². The first-order valence-corrected chi connectivity index (χ1v) is 9.67. The second-order valence-corrected chi connectivity index (χ2v) is 7.48. The summed E-state index contributed by atoms with van der Waals surface area (Å²) in [6.45, 7) is 0. The van der Waals surface area contributed by atoms with Crippen LogP contribution in [0.5, 0.6) is 0 Å². The van der Waals surface area contributed by atoms with E-state index < -0.39 is 60.1 Å². The molecule has 2 heterocycles. The van der Waals surface area contributed by atoms with Gasteiger partial charge in [0, 0.05) is 19.0 Å². The maximum absolute atomic E-state index is 14.2. The van der Waals surface area contributed by atoms with Gasteiger partial charge in [-0.3, -0.25) is 4.79 Å². The Morgan fingerprint density at radius 3 is 2.42 bits per heavy atom. The molecule has 1 aliphatic carbocycles. The Morgan fingerprint density at radius 1 is 1.09 bits per heavy atom. The molecule has 1 fully saturated rings. The Hall–Kier alpha value is -3.64. The number of nitrogens with zero attached hydrogens (tertiary/aromatic N) is 4. The first kappa shape index (κ1) is 22.6. The number of nitrogens with one attached hydrogen (secondary N) is 2. The minimum Gasteiger partial charge on any atom is -0.363 e. The lowest BCUT2D eigenvalue weighted by Crippen LogP contribution is -2.44. The highest BCUT2D eigenvalue weighted by Gasteiger charge is 2.47. The summed E-state index contributed by atoms with van der Waals surface area (Å²) in [5.74, 6) is -5.86. The number of amides is 1. The summed E-state index contributed by atoms with van der Waals surface area (Å²) >= 11 is 0. The fourth-order valence-electron chi connectivity index (χ4n) is 3.62. The largest absolute Gasteiger partial charge is 0.417 e. The third-order valence-electron chi connectivity index (χ3n) is 5.11. The van der Waals surface area contributed by atoms with Gasteiger partial charge in [-0.1, -0.05) is 12.1 Å². The van der Waals surface area contributed by atoms with E-state index in [2.05, 4.69) is 25.8 Å². The van der Waals surface area contributed by atoms with Crippen molar-refractivity contribution in [1.29, 1.82) is 0 Å². The SMILES string of the molecule is O=C(NC1CC(F)(F)C[C@@H]1Nc1ncc(C(F)(F)F)cc1F)c1ccccc1-n1nccn1. The molecule has 4 rings (SSSR count). The van der Waals surface area contributed by atoms with E-state index in [1.807, 2.05) is 0 Å². The lowest BCUT2D eigenvalue weighted by Gasteiger charge is -2.23. The number of rotatable bonds is 5. The molecule has 13 heteroatoms. The molecule has 0 aliphatic heterocycles. The number of para-hydroxylation sites is 1. The summed E-state index contributed by atoms with van der Waals surface area (Å²) in [6.07, 6.45) is -3.13. The predicted molar refractivity (Wildman–Crippen MR) is 103 cm³/mol. The molecule has 1 amide bonds. The van der Waals surface area contributed by atoms with Crippen LogP contribution in [-0.4, -0.2) is 43.9 Å². The Labute approximate surface area is 182 Å². The molecule has 0 radical (unpaired) electrons. The van der Waals surface area contributed by atoms with Gasteiger partial charge in [0.25, 0.3) is 11.8 Å². The van der Waals surface area contributed by atoms with Crippen molar-refractivity contribution in [3.05, 3.63) is 65.9 Å². The quantitative estimate of drug-likeness (QED) is 0.554. The molecular formula is C20H16F6N6O. The highest BCUT2D eigenvalue weighted by atomic mass is 19.4. The Balaban J connectivity index is 1.55. The standard InChI is InChI=1S/C20H16F6N6O/c21-13-7-11(20(24,25)26)10-27-17(13)30-14-8-19(22,23)9-15(14)31-18(33)12-3-1-2-4-16(12)32-28-5-6-29-32/h1-7,10,14-15H,8-9H2,(H,27,30)(H,31,33)/t14-,15?/m0/s1. The normalized spacial score (nSPS) is 19.9. The molecule has 3 aromatic rings. The van der Waals surface area contributed by atoms with Gasteiger partial charge in [0.15, 0.2) is 11.6 Å². The van der Waals surface area contributed by atoms with Crippen LogP contribution in [0.25, 0.3) is 5.69 Å². The Morgan fingerprint density at radius 2 is 1.76 bits per heavy atom. The fourth-order valence-corrected chi connectivity index (χ4v) is 3.62. The zero-order valence-electron chi connectivity index (χ0n) is 16.7. The third kappa shape index (κ3) is 4.91. The van der Waals surface area contributed by atoms with E-state index >= 15 is 0 Å². The molecular weight excluding hydrogens is 454 g/mol. The van der Waals surface area contributed by atoms with Gasteiger partial charge in [0.1, 0.15) is 0 Å². The molecule has 7 nitrogen and oxygen atoms in total. The number of alkyl halides is 5. The molecule has 2 N–H and O–H groups in total. The monoisotopic (exact) mass is 470 g/mol. The fraction of sp³-hybridized carbons (Fsp3) is 0.300. The minimum absolute atomic E-state index is 0.113. The maximum Gasteiger partial charge on any atom is 0.417 e. The van der Waals surface area contributed by atoms with E-state index in [9.17, 15) is 31.1 Å². The summed E-state index contributed by atoms with van der Waals surface area (Å²) < 4.78 is 80.6. The van der Waals surface area contributed by atoms with Crippen LogP contribution in [0.3, 0.4) is 0 Å². The van der Waals surface area contributed by atoms with Gasteiger partial charge < -0.3 is 10.6 Å². The van der Waals surface area contributed by atoms with Crippen LogP contribution in [-0.2, 0) is 6.18 Å². The van der Waals surface area contributed by atoms with Crippen LogP contribution in [0.15, 0.2) is 48.9 Å². The summed E-state index contributed by atoms with van der Waals surface area (Å²) in [4.78, 5) is 17.5. The molecule has 33 heavy (non-hydrogen) atoms. The van der Waals surface area contributed by atoms with Crippen molar-refractivity contribution >= 4 is 11.7 Å². The smallest absolute Gasteiger partial charge is 0.363 e. The van der Waals surface area contributed by atoms with Crippen molar-refractivity contribution in [2.75, 3.05) is 5.32 Å². The molecule has 1 aromatic carbocycles. The molecule has 174 valence electrons. The topological polar surface area (TPSA) is 84.7 Å². The van der Waals surface area contributed by atoms with Crippen molar-refractivity contribution < 1.29 is 31.1 Å². The number of hydrogen-bond donors (Lipinski definition) is 2. The number of carbonyl (C=O) groups excluding carboxylic acids is 1. The van der Waals surface area contributed by atoms with Crippen LogP contribution in [0, 0.1) is 5.82 Å². The first-order chi connectivity index (χ1) is 15.5. The number of carbonyl (C=O) groups is 1. The molecule has 1 aliphatic rings. The Kier molecular flexibility index (Phi) is 5.72. The highest BCUT2D eigenvalue weighted by Crippen LogP contribution is 2.37. The van der Waals surface area contributed by atoms with Crippen LogP contribution in [0.4, 0.5) is 32.2 Å². The second kappa shape index (κ2) is 8.37. The third-order valence-corrected chi connectivity index (χ3v) is 5.11. The number of hydrogen-bond acceptors (Lipinski definition) is 5. The van der Waals surface area contributed by atoms with Crippen LogP contribution in [0.1, 0.15) is 28.8 Å². The number of aromatic nitrogens is 4. The summed E-state index contributed by atoms with van der Waals surface area (Å²) in [5.41, 5.74) is -0.887. The maximum atomic E-state index is 14.2. The van der Waals surface area contributed by atoms with E-state index in [0.717, 1.165) is 0 Å². The first-order valence-electron chi connectivity index (χ1n) is 9.67. The average Bonchev–Trinajstić information content (AvgIpc) is 3.36. The van der Waals surface area contributed by atoms with E-state index in [-0.39, 0.29) is 11.6 Å². The molecule has 2 aromatic heterocycles. The van der Waals surface area contributed by atoms with Crippen molar-refractivity contribution in [2.45, 2.75) is 37.0 Å². The lowest BCUT2D eigenvalue weighted by molar-refractivity contribution is -0.138. The molecule has 0 spiro atoms. The zero-order chi connectivity index (χ0) is 23.8.